The Kier molecular flexibility index (Phi) is 5.29. The lowest BCUT2D eigenvalue weighted by Crippen LogP contribution is -2.59. The van der Waals surface area contributed by atoms with Crippen molar-refractivity contribution in [2.45, 2.75) is 44.9 Å². The fourth-order valence-electron chi connectivity index (χ4n) is 4.02. The molecule has 2 aliphatic rings. The average Bonchev–Trinajstić information content (AvgIpc) is 3.12. The number of aromatic nitrogens is 2. The standard InChI is InChI=1S/C20H26N6O2/c1-2-21-20(28)23-17-12-16(13-8-4-3-5-9-13)25-26(17)19-22-15-11-7-6-10-14(15)18(27)24-19/h3-5,8-9,12,14-15,19,22H,2,6-7,10-11H2,1H3,(H,24,27)(H2,21,23,28). The summed E-state index contributed by atoms with van der Waals surface area (Å²) in [6, 6.07) is 11.4. The van der Waals surface area contributed by atoms with E-state index in [1.165, 1.54) is 0 Å². The minimum Gasteiger partial charge on any atom is -0.338 e. The van der Waals surface area contributed by atoms with Crippen molar-refractivity contribution in [2.75, 3.05) is 11.9 Å². The topological polar surface area (TPSA) is 100 Å². The van der Waals surface area contributed by atoms with Crippen molar-refractivity contribution in [3.8, 4) is 11.3 Å². The molecular formula is C20H26N6O2. The third-order valence-electron chi connectivity index (χ3n) is 5.38. The van der Waals surface area contributed by atoms with E-state index in [0.29, 0.717) is 12.4 Å². The Morgan fingerprint density at radius 1 is 1.25 bits per heavy atom. The Labute approximate surface area is 164 Å². The van der Waals surface area contributed by atoms with E-state index in [9.17, 15) is 9.59 Å². The second-order valence-electron chi connectivity index (χ2n) is 7.29. The summed E-state index contributed by atoms with van der Waals surface area (Å²) in [6.45, 7) is 2.38. The van der Waals surface area contributed by atoms with Gasteiger partial charge in [-0.1, -0.05) is 43.2 Å². The molecule has 3 atom stereocenters. The zero-order valence-electron chi connectivity index (χ0n) is 15.9. The molecule has 0 radical (unpaired) electrons. The molecule has 0 spiro atoms. The minimum absolute atomic E-state index is 0.00829. The van der Waals surface area contributed by atoms with Gasteiger partial charge in [0.05, 0.1) is 11.6 Å². The first-order valence-corrected chi connectivity index (χ1v) is 9.92. The van der Waals surface area contributed by atoms with E-state index in [1.54, 1.807) is 4.68 Å². The van der Waals surface area contributed by atoms with Gasteiger partial charge in [-0.25, -0.2) is 9.48 Å². The molecule has 2 fully saturated rings. The molecule has 2 heterocycles. The van der Waals surface area contributed by atoms with Crippen LogP contribution in [0.1, 0.15) is 38.9 Å². The third-order valence-corrected chi connectivity index (χ3v) is 5.38. The highest BCUT2D eigenvalue weighted by molar-refractivity contribution is 5.89. The maximum Gasteiger partial charge on any atom is 0.320 e. The first kappa shape index (κ1) is 18.5. The highest BCUT2D eigenvalue weighted by Gasteiger charge is 2.38. The lowest BCUT2D eigenvalue weighted by Gasteiger charge is -2.40. The van der Waals surface area contributed by atoms with Gasteiger partial charge in [0.1, 0.15) is 5.82 Å². The summed E-state index contributed by atoms with van der Waals surface area (Å²) >= 11 is 0. The minimum atomic E-state index is -0.499. The van der Waals surface area contributed by atoms with Crippen molar-refractivity contribution in [3.05, 3.63) is 36.4 Å². The summed E-state index contributed by atoms with van der Waals surface area (Å²) in [5.41, 5.74) is 1.67. The maximum atomic E-state index is 12.6. The van der Waals surface area contributed by atoms with Gasteiger partial charge in [-0.05, 0) is 19.8 Å². The molecule has 8 nitrogen and oxygen atoms in total. The number of amides is 3. The fourth-order valence-corrected chi connectivity index (χ4v) is 4.02. The lowest BCUT2D eigenvalue weighted by molar-refractivity contribution is -0.132. The van der Waals surface area contributed by atoms with Crippen LogP contribution >= 0.6 is 0 Å². The Hall–Kier alpha value is -2.87. The molecule has 4 N–H and O–H groups in total. The summed E-state index contributed by atoms with van der Waals surface area (Å²) in [4.78, 5) is 24.7. The van der Waals surface area contributed by atoms with Gasteiger partial charge in [0.2, 0.25) is 5.91 Å². The third kappa shape index (κ3) is 3.73. The molecule has 1 saturated carbocycles. The molecule has 148 valence electrons. The number of anilines is 1. The molecule has 1 aliphatic heterocycles. The van der Waals surface area contributed by atoms with Crippen molar-refractivity contribution in [3.63, 3.8) is 0 Å². The van der Waals surface area contributed by atoms with Crippen molar-refractivity contribution in [1.29, 1.82) is 0 Å². The molecule has 8 heteroatoms. The van der Waals surface area contributed by atoms with Crippen LogP contribution < -0.4 is 21.3 Å². The predicted molar refractivity (Wildman–Crippen MR) is 106 cm³/mol. The van der Waals surface area contributed by atoms with Crippen LogP contribution in [0, 0.1) is 5.92 Å². The van der Waals surface area contributed by atoms with Gasteiger partial charge < -0.3 is 10.6 Å². The van der Waals surface area contributed by atoms with E-state index >= 15 is 0 Å². The number of nitrogens with one attached hydrogen (secondary N) is 4. The molecule has 3 unspecified atom stereocenters. The summed E-state index contributed by atoms with van der Waals surface area (Å²) in [7, 11) is 0. The van der Waals surface area contributed by atoms with Gasteiger partial charge >= 0.3 is 6.03 Å². The van der Waals surface area contributed by atoms with Crippen molar-refractivity contribution >= 4 is 17.8 Å². The van der Waals surface area contributed by atoms with Gasteiger partial charge in [-0.3, -0.25) is 15.4 Å². The Morgan fingerprint density at radius 3 is 2.82 bits per heavy atom. The average molecular weight is 382 g/mol. The number of rotatable bonds is 4. The Bertz CT molecular complexity index is 850. The number of hydrogen-bond donors (Lipinski definition) is 4. The largest absolute Gasteiger partial charge is 0.338 e. The number of urea groups is 1. The molecule has 1 saturated heterocycles. The van der Waals surface area contributed by atoms with Crippen molar-refractivity contribution < 1.29 is 9.59 Å². The number of hydrogen-bond acceptors (Lipinski definition) is 4. The van der Waals surface area contributed by atoms with E-state index in [4.69, 9.17) is 0 Å². The van der Waals surface area contributed by atoms with Gasteiger partial charge in [-0.2, -0.15) is 5.10 Å². The Balaban J connectivity index is 1.65. The summed E-state index contributed by atoms with van der Waals surface area (Å²) < 4.78 is 1.65. The quantitative estimate of drug-likeness (QED) is 0.652. The molecule has 3 amide bonds. The maximum absolute atomic E-state index is 12.6. The number of fused-ring (bicyclic) bond motifs is 1. The molecule has 2 aromatic rings. The normalized spacial score (nSPS) is 24.2. The number of nitrogens with zero attached hydrogens (tertiary/aromatic N) is 2. The predicted octanol–water partition coefficient (Wildman–Crippen LogP) is 2.43. The highest BCUT2D eigenvalue weighted by Crippen LogP contribution is 2.30. The molecular weight excluding hydrogens is 356 g/mol. The van der Waals surface area contributed by atoms with Crippen LogP contribution in [0.3, 0.4) is 0 Å². The van der Waals surface area contributed by atoms with Gasteiger partial charge in [0.25, 0.3) is 0 Å². The zero-order valence-corrected chi connectivity index (χ0v) is 15.9. The molecule has 1 aromatic heterocycles. The van der Waals surface area contributed by atoms with Gasteiger partial charge in [-0.15, -0.1) is 0 Å². The zero-order chi connectivity index (χ0) is 19.5. The second-order valence-corrected chi connectivity index (χ2v) is 7.29. The van der Waals surface area contributed by atoms with Crippen LogP contribution in [-0.4, -0.2) is 34.3 Å². The van der Waals surface area contributed by atoms with E-state index in [2.05, 4.69) is 26.4 Å². The van der Waals surface area contributed by atoms with E-state index in [1.807, 2.05) is 43.3 Å². The van der Waals surface area contributed by atoms with Crippen LogP contribution in [0.5, 0.6) is 0 Å². The van der Waals surface area contributed by atoms with E-state index in [-0.39, 0.29) is 23.9 Å². The molecule has 28 heavy (non-hydrogen) atoms. The summed E-state index contributed by atoms with van der Waals surface area (Å²) in [5.74, 6) is 0.583. The first-order chi connectivity index (χ1) is 13.7. The van der Waals surface area contributed by atoms with Crippen molar-refractivity contribution in [1.82, 2.24) is 25.7 Å². The number of carbonyl (C=O) groups excluding carboxylic acids is 2. The fraction of sp³-hybridized carbons (Fsp3) is 0.450. The Morgan fingerprint density at radius 2 is 2.04 bits per heavy atom. The number of benzene rings is 1. The van der Waals surface area contributed by atoms with Crippen LogP contribution in [0.2, 0.25) is 0 Å². The SMILES string of the molecule is CCNC(=O)Nc1cc(-c2ccccc2)nn1C1NC(=O)C2CCCCC2N1. The van der Waals surface area contributed by atoms with Gasteiger partial charge in [0, 0.05) is 24.2 Å². The first-order valence-electron chi connectivity index (χ1n) is 9.92. The van der Waals surface area contributed by atoms with E-state index < -0.39 is 6.29 Å². The molecule has 1 aliphatic carbocycles. The number of carbonyl (C=O) groups is 2. The summed E-state index contributed by atoms with van der Waals surface area (Å²) in [6.07, 6.45) is 3.59. The molecule has 1 aromatic carbocycles. The van der Waals surface area contributed by atoms with E-state index in [0.717, 1.165) is 36.9 Å². The molecule has 0 bridgehead atoms. The monoisotopic (exact) mass is 382 g/mol. The summed E-state index contributed by atoms with van der Waals surface area (Å²) in [5, 5.41) is 16.8. The van der Waals surface area contributed by atoms with Crippen LogP contribution in [0.4, 0.5) is 10.6 Å². The van der Waals surface area contributed by atoms with Crippen LogP contribution in [0.25, 0.3) is 11.3 Å². The van der Waals surface area contributed by atoms with Crippen LogP contribution in [0.15, 0.2) is 36.4 Å². The van der Waals surface area contributed by atoms with Crippen molar-refractivity contribution in [2.24, 2.45) is 5.92 Å². The van der Waals surface area contributed by atoms with Crippen LogP contribution in [-0.2, 0) is 4.79 Å². The molecule has 4 rings (SSSR count). The smallest absolute Gasteiger partial charge is 0.320 e. The van der Waals surface area contributed by atoms with Gasteiger partial charge in [0.15, 0.2) is 6.29 Å². The lowest BCUT2D eigenvalue weighted by atomic mass is 9.83. The second kappa shape index (κ2) is 8.02. The highest BCUT2D eigenvalue weighted by atomic mass is 16.2.